The molecule has 1 saturated heterocycles. The lowest BCUT2D eigenvalue weighted by atomic mass is 9.78. The molecule has 2 atom stereocenters. The summed E-state index contributed by atoms with van der Waals surface area (Å²) in [6, 6.07) is 0.454. The molecular formula is C11H23NO. The lowest BCUT2D eigenvalue weighted by molar-refractivity contribution is 0.0181. The van der Waals surface area contributed by atoms with Crippen LogP contribution in [0, 0.1) is 11.3 Å². The van der Waals surface area contributed by atoms with Crippen molar-refractivity contribution in [2.75, 3.05) is 6.54 Å². The van der Waals surface area contributed by atoms with Gasteiger partial charge in [0.1, 0.15) is 6.23 Å². The van der Waals surface area contributed by atoms with E-state index >= 15 is 0 Å². The molecule has 1 aliphatic rings. The third-order valence-electron chi connectivity index (χ3n) is 3.63. The Hall–Kier alpha value is -0.0800. The van der Waals surface area contributed by atoms with E-state index in [9.17, 15) is 5.11 Å². The van der Waals surface area contributed by atoms with Crippen molar-refractivity contribution in [3.63, 3.8) is 0 Å². The quantitative estimate of drug-likeness (QED) is 0.712. The van der Waals surface area contributed by atoms with Crippen LogP contribution in [0.4, 0.5) is 0 Å². The zero-order valence-electron chi connectivity index (χ0n) is 9.54. The zero-order chi connectivity index (χ0) is 10.2. The van der Waals surface area contributed by atoms with Gasteiger partial charge in [0.25, 0.3) is 0 Å². The number of aliphatic hydroxyl groups excluding tert-OH is 1. The predicted octanol–water partition coefficient (Wildman–Crippen LogP) is 2.08. The number of aliphatic hydroxyl groups is 1. The first-order valence-corrected chi connectivity index (χ1v) is 5.30. The summed E-state index contributed by atoms with van der Waals surface area (Å²) < 4.78 is 0. The fraction of sp³-hybridized carbons (Fsp3) is 1.00. The first kappa shape index (κ1) is 11.0. The zero-order valence-corrected chi connectivity index (χ0v) is 9.54. The Morgan fingerprint density at radius 2 is 1.85 bits per heavy atom. The highest BCUT2D eigenvalue weighted by atomic mass is 16.3. The maximum absolute atomic E-state index is 9.87. The van der Waals surface area contributed by atoms with Crippen LogP contribution in [0.1, 0.15) is 41.0 Å². The van der Waals surface area contributed by atoms with Crippen molar-refractivity contribution in [1.82, 2.24) is 4.90 Å². The van der Waals surface area contributed by atoms with Crippen LogP contribution in [0.25, 0.3) is 0 Å². The molecule has 2 nitrogen and oxygen atoms in total. The van der Waals surface area contributed by atoms with Crippen molar-refractivity contribution >= 4 is 0 Å². The van der Waals surface area contributed by atoms with Gasteiger partial charge in [0, 0.05) is 12.6 Å². The topological polar surface area (TPSA) is 23.5 Å². The van der Waals surface area contributed by atoms with Crippen LogP contribution < -0.4 is 0 Å². The predicted molar refractivity (Wildman–Crippen MR) is 55.4 cm³/mol. The number of hydrogen-bond donors (Lipinski definition) is 1. The van der Waals surface area contributed by atoms with Crippen LogP contribution in [0.2, 0.25) is 0 Å². The van der Waals surface area contributed by atoms with Gasteiger partial charge in [-0.15, -0.1) is 0 Å². The molecule has 0 aromatic rings. The van der Waals surface area contributed by atoms with Gasteiger partial charge in [-0.25, -0.2) is 0 Å². The van der Waals surface area contributed by atoms with Crippen LogP contribution in [0.5, 0.6) is 0 Å². The molecule has 0 aromatic heterocycles. The summed E-state index contributed by atoms with van der Waals surface area (Å²) in [6.07, 6.45) is 0.690. The number of likely N-dealkylation sites (tertiary alicyclic amines) is 1. The smallest absolute Gasteiger partial charge is 0.108 e. The van der Waals surface area contributed by atoms with E-state index in [1.807, 2.05) is 0 Å². The second kappa shape index (κ2) is 3.58. The average Bonchev–Trinajstić information content (AvgIpc) is 2.28. The molecule has 1 heterocycles. The standard InChI is InChI=1S/C11H23NO/c1-8(2)11(5)6-10(13)12(7-11)9(3)4/h8-10,13H,6-7H2,1-5H3. The van der Waals surface area contributed by atoms with Gasteiger partial charge in [-0.05, 0) is 31.6 Å². The van der Waals surface area contributed by atoms with Crippen LogP contribution in [0.15, 0.2) is 0 Å². The maximum atomic E-state index is 9.87. The minimum atomic E-state index is -0.229. The number of hydrogen-bond acceptors (Lipinski definition) is 2. The molecule has 1 N–H and O–H groups in total. The van der Waals surface area contributed by atoms with Crippen molar-refractivity contribution in [2.45, 2.75) is 53.3 Å². The van der Waals surface area contributed by atoms with Gasteiger partial charge in [-0.3, -0.25) is 4.90 Å². The van der Waals surface area contributed by atoms with Crippen molar-refractivity contribution in [3.8, 4) is 0 Å². The molecule has 0 amide bonds. The van der Waals surface area contributed by atoms with E-state index in [4.69, 9.17) is 0 Å². The Bertz CT molecular complexity index is 179. The molecule has 1 aliphatic heterocycles. The van der Waals surface area contributed by atoms with Crippen molar-refractivity contribution in [3.05, 3.63) is 0 Å². The Morgan fingerprint density at radius 1 is 1.31 bits per heavy atom. The van der Waals surface area contributed by atoms with Crippen molar-refractivity contribution in [2.24, 2.45) is 11.3 Å². The fourth-order valence-corrected chi connectivity index (χ4v) is 2.07. The molecule has 13 heavy (non-hydrogen) atoms. The van der Waals surface area contributed by atoms with Gasteiger partial charge in [0.05, 0.1) is 0 Å². The van der Waals surface area contributed by atoms with E-state index in [1.165, 1.54) is 0 Å². The van der Waals surface area contributed by atoms with Crippen LogP contribution in [-0.2, 0) is 0 Å². The molecular weight excluding hydrogens is 162 g/mol. The fourth-order valence-electron chi connectivity index (χ4n) is 2.07. The van der Waals surface area contributed by atoms with E-state index in [1.54, 1.807) is 0 Å². The van der Waals surface area contributed by atoms with E-state index < -0.39 is 0 Å². The highest BCUT2D eigenvalue weighted by Crippen LogP contribution is 2.40. The second-order valence-corrected chi connectivity index (χ2v) is 5.26. The molecule has 1 fully saturated rings. The highest BCUT2D eigenvalue weighted by molar-refractivity contribution is 4.91. The lowest BCUT2D eigenvalue weighted by Crippen LogP contribution is -2.36. The SMILES string of the molecule is CC(C)N1CC(C)(C(C)C)CC1O. The average molecular weight is 185 g/mol. The first-order valence-electron chi connectivity index (χ1n) is 5.30. The molecule has 0 aromatic carbocycles. The van der Waals surface area contributed by atoms with E-state index in [2.05, 4.69) is 39.5 Å². The third-order valence-corrected chi connectivity index (χ3v) is 3.63. The number of nitrogens with zero attached hydrogens (tertiary/aromatic N) is 1. The summed E-state index contributed by atoms with van der Waals surface area (Å²) >= 11 is 0. The third kappa shape index (κ3) is 2.05. The summed E-state index contributed by atoms with van der Waals surface area (Å²) in [4.78, 5) is 2.19. The maximum Gasteiger partial charge on any atom is 0.108 e. The monoisotopic (exact) mass is 185 g/mol. The summed E-state index contributed by atoms with van der Waals surface area (Å²) in [6.45, 7) is 12.1. The van der Waals surface area contributed by atoms with Gasteiger partial charge >= 0.3 is 0 Å². The van der Waals surface area contributed by atoms with Gasteiger partial charge < -0.3 is 5.11 Å². The molecule has 78 valence electrons. The van der Waals surface area contributed by atoms with Crippen LogP contribution in [0.3, 0.4) is 0 Å². The minimum Gasteiger partial charge on any atom is -0.378 e. The van der Waals surface area contributed by atoms with Crippen molar-refractivity contribution < 1.29 is 5.11 Å². The van der Waals surface area contributed by atoms with Gasteiger partial charge in [-0.1, -0.05) is 20.8 Å². The van der Waals surface area contributed by atoms with Crippen molar-refractivity contribution in [1.29, 1.82) is 0 Å². The summed E-state index contributed by atoms with van der Waals surface area (Å²) in [5.41, 5.74) is 0.295. The number of rotatable bonds is 2. The van der Waals surface area contributed by atoms with Crippen LogP contribution >= 0.6 is 0 Å². The second-order valence-electron chi connectivity index (χ2n) is 5.26. The van der Waals surface area contributed by atoms with Gasteiger partial charge in [0.2, 0.25) is 0 Å². The van der Waals surface area contributed by atoms with E-state index in [-0.39, 0.29) is 6.23 Å². The Labute approximate surface area is 81.9 Å². The molecule has 0 saturated carbocycles. The van der Waals surface area contributed by atoms with E-state index in [0.29, 0.717) is 17.4 Å². The molecule has 0 radical (unpaired) electrons. The molecule has 2 unspecified atom stereocenters. The van der Waals surface area contributed by atoms with Crippen LogP contribution in [-0.4, -0.2) is 28.8 Å². The Kier molecular flexibility index (Phi) is 3.03. The molecule has 2 heteroatoms. The summed E-state index contributed by atoms with van der Waals surface area (Å²) in [5.74, 6) is 0.644. The first-order chi connectivity index (χ1) is 5.87. The Morgan fingerprint density at radius 3 is 2.08 bits per heavy atom. The van der Waals surface area contributed by atoms with Gasteiger partial charge in [0.15, 0.2) is 0 Å². The summed E-state index contributed by atoms with van der Waals surface area (Å²) in [7, 11) is 0. The molecule has 0 aliphatic carbocycles. The minimum absolute atomic E-state index is 0.229. The molecule has 1 rings (SSSR count). The summed E-state index contributed by atoms with van der Waals surface area (Å²) in [5, 5.41) is 9.87. The largest absolute Gasteiger partial charge is 0.378 e. The van der Waals surface area contributed by atoms with Gasteiger partial charge in [-0.2, -0.15) is 0 Å². The van der Waals surface area contributed by atoms with E-state index in [0.717, 1.165) is 13.0 Å². The normalized spacial score (nSPS) is 36.5. The molecule has 0 spiro atoms. The lowest BCUT2D eigenvalue weighted by Gasteiger charge is -2.29. The highest BCUT2D eigenvalue weighted by Gasteiger charge is 2.42. The molecule has 0 bridgehead atoms. The Balaban J connectivity index is 2.69.